The van der Waals surface area contributed by atoms with Gasteiger partial charge in [0.25, 0.3) is 5.91 Å². The molecule has 2 rings (SSSR count). The number of hydrogen-bond acceptors (Lipinski definition) is 5. The topological polar surface area (TPSA) is 81.3 Å². The van der Waals surface area contributed by atoms with Crippen LogP contribution >= 0.6 is 0 Å². The molecule has 122 valence electrons. The molecule has 0 aliphatic heterocycles. The Morgan fingerprint density at radius 3 is 2.30 bits per heavy atom. The van der Waals surface area contributed by atoms with E-state index in [4.69, 9.17) is 10.5 Å². The third-order valence-electron chi connectivity index (χ3n) is 3.47. The minimum absolute atomic E-state index is 0.214. The number of nitrogens with zero attached hydrogens (tertiary/aromatic N) is 3. The molecule has 0 unspecified atom stereocenters. The Balaban J connectivity index is 2.45. The monoisotopic (exact) mass is 314 g/mol. The average Bonchev–Trinajstić information content (AvgIpc) is 2.56. The van der Waals surface area contributed by atoms with Crippen molar-refractivity contribution in [2.24, 2.45) is 5.73 Å². The summed E-state index contributed by atoms with van der Waals surface area (Å²) < 4.78 is 5.44. The van der Waals surface area contributed by atoms with E-state index in [0.717, 1.165) is 24.4 Å². The van der Waals surface area contributed by atoms with E-state index in [1.807, 2.05) is 49.9 Å². The van der Waals surface area contributed by atoms with Gasteiger partial charge in [-0.3, -0.25) is 4.79 Å². The number of amides is 1. The second kappa shape index (κ2) is 7.58. The third-order valence-corrected chi connectivity index (χ3v) is 3.47. The van der Waals surface area contributed by atoms with Crippen LogP contribution in [-0.4, -0.2) is 35.6 Å². The molecule has 0 bridgehead atoms. The van der Waals surface area contributed by atoms with Gasteiger partial charge in [0.1, 0.15) is 11.4 Å². The van der Waals surface area contributed by atoms with Gasteiger partial charge in [0, 0.05) is 18.7 Å². The van der Waals surface area contributed by atoms with Crippen molar-refractivity contribution >= 4 is 11.9 Å². The molecule has 0 saturated carbocycles. The predicted molar refractivity (Wildman–Crippen MR) is 90.7 cm³/mol. The van der Waals surface area contributed by atoms with Gasteiger partial charge in [-0.1, -0.05) is 0 Å². The summed E-state index contributed by atoms with van der Waals surface area (Å²) in [5, 5.41) is 0. The molecule has 0 spiro atoms. The molecular formula is C17H22N4O2. The van der Waals surface area contributed by atoms with Crippen molar-refractivity contribution in [3.8, 4) is 17.0 Å². The normalized spacial score (nSPS) is 10.4. The van der Waals surface area contributed by atoms with E-state index in [0.29, 0.717) is 18.2 Å². The largest absolute Gasteiger partial charge is 0.494 e. The van der Waals surface area contributed by atoms with E-state index in [9.17, 15) is 4.79 Å². The summed E-state index contributed by atoms with van der Waals surface area (Å²) in [7, 11) is 0. The fourth-order valence-electron chi connectivity index (χ4n) is 2.25. The second-order valence-electron chi connectivity index (χ2n) is 4.93. The van der Waals surface area contributed by atoms with E-state index in [1.54, 1.807) is 6.07 Å². The van der Waals surface area contributed by atoms with E-state index >= 15 is 0 Å². The van der Waals surface area contributed by atoms with Gasteiger partial charge in [0.05, 0.1) is 12.3 Å². The highest BCUT2D eigenvalue weighted by Crippen LogP contribution is 2.23. The number of primary amides is 1. The zero-order valence-corrected chi connectivity index (χ0v) is 13.7. The van der Waals surface area contributed by atoms with Gasteiger partial charge in [0.15, 0.2) is 0 Å². The molecule has 1 heterocycles. The van der Waals surface area contributed by atoms with Crippen LogP contribution in [-0.2, 0) is 0 Å². The van der Waals surface area contributed by atoms with Crippen LogP contribution in [0.25, 0.3) is 11.3 Å². The molecule has 0 saturated heterocycles. The van der Waals surface area contributed by atoms with Crippen molar-refractivity contribution in [3.63, 3.8) is 0 Å². The number of ether oxygens (including phenoxy) is 1. The number of aromatic nitrogens is 2. The first-order valence-corrected chi connectivity index (χ1v) is 7.76. The maximum absolute atomic E-state index is 11.6. The van der Waals surface area contributed by atoms with Crippen LogP contribution in [0.2, 0.25) is 0 Å². The molecule has 1 amide bonds. The van der Waals surface area contributed by atoms with Crippen molar-refractivity contribution in [3.05, 3.63) is 36.0 Å². The molecular weight excluding hydrogens is 292 g/mol. The Kier molecular flexibility index (Phi) is 5.51. The first-order chi connectivity index (χ1) is 11.1. The highest BCUT2D eigenvalue weighted by atomic mass is 16.5. The zero-order valence-electron chi connectivity index (χ0n) is 13.7. The smallest absolute Gasteiger partial charge is 0.267 e. The quantitative estimate of drug-likeness (QED) is 0.849. The van der Waals surface area contributed by atoms with Crippen molar-refractivity contribution < 1.29 is 9.53 Å². The molecule has 0 fully saturated rings. The summed E-state index contributed by atoms with van der Waals surface area (Å²) in [6, 6.07) is 9.18. The summed E-state index contributed by atoms with van der Waals surface area (Å²) in [4.78, 5) is 22.4. The molecule has 2 N–H and O–H groups in total. The Morgan fingerprint density at radius 1 is 1.13 bits per heavy atom. The highest BCUT2D eigenvalue weighted by molar-refractivity contribution is 5.92. The van der Waals surface area contributed by atoms with Crippen LogP contribution in [0.4, 0.5) is 5.95 Å². The molecule has 6 nitrogen and oxygen atoms in total. The number of nitrogens with two attached hydrogens (primary N) is 1. The first kappa shape index (κ1) is 16.7. The van der Waals surface area contributed by atoms with E-state index in [1.165, 1.54) is 0 Å². The SMILES string of the molecule is CCOc1ccc(-c2cc(C(N)=O)nc(N(CC)CC)n2)cc1. The Labute approximate surface area is 136 Å². The van der Waals surface area contributed by atoms with Crippen LogP contribution in [0.1, 0.15) is 31.3 Å². The van der Waals surface area contributed by atoms with E-state index < -0.39 is 5.91 Å². The van der Waals surface area contributed by atoms with Gasteiger partial charge in [0.2, 0.25) is 5.95 Å². The van der Waals surface area contributed by atoms with Crippen molar-refractivity contribution in [2.75, 3.05) is 24.6 Å². The zero-order chi connectivity index (χ0) is 16.8. The maximum Gasteiger partial charge on any atom is 0.267 e. The summed E-state index contributed by atoms with van der Waals surface area (Å²) in [5.41, 5.74) is 7.17. The van der Waals surface area contributed by atoms with Crippen molar-refractivity contribution in [1.29, 1.82) is 0 Å². The summed E-state index contributed by atoms with van der Waals surface area (Å²) in [5.74, 6) is 0.743. The molecule has 0 radical (unpaired) electrons. The van der Waals surface area contributed by atoms with Crippen LogP contribution in [0, 0.1) is 0 Å². The van der Waals surface area contributed by atoms with Crippen LogP contribution in [0.15, 0.2) is 30.3 Å². The van der Waals surface area contributed by atoms with Crippen LogP contribution in [0.3, 0.4) is 0 Å². The van der Waals surface area contributed by atoms with Gasteiger partial charge in [-0.05, 0) is 51.1 Å². The summed E-state index contributed by atoms with van der Waals surface area (Å²) in [6.45, 7) is 8.09. The second-order valence-corrected chi connectivity index (χ2v) is 4.93. The number of benzene rings is 1. The Morgan fingerprint density at radius 2 is 1.78 bits per heavy atom. The fraction of sp³-hybridized carbons (Fsp3) is 0.353. The molecule has 0 aliphatic carbocycles. The lowest BCUT2D eigenvalue weighted by molar-refractivity contribution is 0.0995. The van der Waals surface area contributed by atoms with Gasteiger partial charge >= 0.3 is 0 Å². The standard InChI is InChI=1S/C17H22N4O2/c1-4-21(5-2)17-19-14(11-15(20-17)16(18)22)12-7-9-13(10-8-12)23-6-3/h7-11H,4-6H2,1-3H3,(H2,18,22). The number of carbonyl (C=O) groups is 1. The highest BCUT2D eigenvalue weighted by Gasteiger charge is 2.13. The molecule has 1 aromatic heterocycles. The summed E-state index contributed by atoms with van der Waals surface area (Å²) >= 11 is 0. The third kappa shape index (κ3) is 3.97. The molecule has 0 atom stereocenters. The molecule has 23 heavy (non-hydrogen) atoms. The van der Waals surface area contributed by atoms with E-state index in [-0.39, 0.29) is 5.69 Å². The lowest BCUT2D eigenvalue weighted by Gasteiger charge is -2.19. The number of carbonyl (C=O) groups excluding carboxylic acids is 1. The molecule has 1 aromatic carbocycles. The van der Waals surface area contributed by atoms with Crippen LogP contribution in [0.5, 0.6) is 5.75 Å². The Bertz CT molecular complexity index is 667. The lowest BCUT2D eigenvalue weighted by Crippen LogP contribution is -2.26. The minimum Gasteiger partial charge on any atom is -0.494 e. The lowest BCUT2D eigenvalue weighted by atomic mass is 10.1. The van der Waals surface area contributed by atoms with Gasteiger partial charge < -0.3 is 15.4 Å². The van der Waals surface area contributed by atoms with Crippen molar-refractivity contribution in [1.82, 2.24) is 9.97 Å². The fourth-order valence-corrected chi connectivity index (χ4v) is 2.25. The molecule has 0 aliphatic rings. The number of anilines is 1. The van der Waals surface area contributed by atoms with Crippen LogP contribution < -0.4 is 15.4 Å². The average molecular weight is 314 g/mol. The van der Waals surface area contributed by atoms with Crippen molar-refractivity contribution in [2.45, 2.75) is 20.8 Å². The first-order valence-electron chi connectivity index (χ1n) is 7.76. The van der Waals surface area contributed by atoms with E-state index in [2.05, 4.69) is 9.97 Å². The predicted octanol–water partition coefficient (Wildman–Crippen LogP) is 2.49. The number of rotatable bonds is 7. The van der Waals surface area contributed by atoms with Gasteiger partial charge in [-0.15, -0.1) is 0 Å². The molecule has 6 heteroatoms. The number of hydrogen-bond donors (Lipinski definition) is 1. The Hall–Kier alpha value is -2.63. The minimum atomic E-state index is -0.562. The van der Waals surface area contributed by atoms with Gasteiger partial charge in [-0.2, -0.15) is 0 Å². The van der Waals surface area contributed by atoms with Gasteiger partial charge in [-0.25, -0.2) is 9.97 Å². The molecule has 2 aromatic rings. The summed E-state index contributed by atoms with van der Waals surface area (Å²) in [6.07, 6.45) is 0. The maximum atomic E-state index is 11.6.